The van der Waals surface area contributed by atoms with Gasteiger partial charge in [-0.2, -0.15) is 10.2 Å². The predicted octanol–water partition coefficient (Wildman–Crippen LogP) is 11.1. The van der Waals surface area contributed by atoms with Crippen molar-refractivity contribution in [2.75, 3.05) is 10.2 Å². The number of pyridine rings is 1. The number of anilines is 2. The summed E-state index contributed by atoms with van der Waals surface area (Å²) in [6, 6.07) is 39.6. The molecule has 0 aliphatic heterocycles. The fourth-order valence-corrected chi connectivity index (χ4v) is 9.05. The molecule has 9 aromatic rings. The third-order valence-corrected chi connectivity index (χ3v) is 12.8. The number of para-hydroxylation sites is 2. The van der Waals surface area contributed by atoms with Crippen molar-refractivity contribution in [3.63, 3.8) is 0 Å². The first kappa shape index (κ1) is 47.2. The van der Waals surface area contributed by atoms with Crippen molar-refractivity contribution in [2.45, 2.75) is 19.6 Å². The number of hydrogen-bond acceptors (Lipinski definition) is 7. The highest BCUT2D eigenvalue weighted by Gasteiger charge is 2.36. The number of nitrogens with zero attached hydrogens (tertiary/aromatic N) is 7. The first-order valence-corrected chi connectivity index (χ1v) is 23.2. The topological polar surface area (TPSA) is 153 Å². The van der Waals surface area contributed by atoms with Gasteiger partial charge in [0.25, 0.3) is 17.5 Å². The number of hydrogen-bond donors (Lipinski definition) is 2. The smallest absolute Gasteiger partial charge is 0.331 e. The number of nitrogens with one attached hydrogen (secondary N) is 1. The number of carbonyl (C=O) groups is 3. The van der Waals surface area contributed by atoms with Crippen LogP contribution in [0, 0.1) is 0 Å². The van der Waals surface area contributed by atoms with Crippen molar-refractivity contribution in [2.24, 2.45) is 4.99 Å². The van der Waals surface area contributed by atoms with Gasteiger partial charge in [0.05, 0.1) is 29.7 Å². The maximum Gasteiger partial charge on any atom is 0.331 e. The van der Waals surface area contributed by atoms with E-state index in [2.05, 4.69) is 20.4 Å². The molecule has 9 rings (SSSR count). The second-order valence-electron chi connectivity index (χ2n) is 15.5. The van der Waals surface area contributed by atoms with Gasteiger partial charge < -0.3 is 5.32 Å². The Morgan fingerprint density at radius 1 is 0.623 bits per heavy atom. The van der Waals surface area contributed by atoms with Gasteiger partial charge in [-0.3, -0.25) is 23.7 Å². The number of aromatic nitrogens is 5. The second-order valence-corrected chi connectivity index (χ2v) is 18.1. The number of carbonyl (C=O) groups excluding carboxylic acids is 3. The summed E-state index contributed by atoms with van der Waals surface area (Å²) in [4.78, 5) is 53.2. The minimum absolute atomic E-state index is 0.00535. The lowest BCUT2D eigenvalue weighted by molar-refractivity contribution is -0.133. The molecular formula is C51H34Cl6N9O3+. The van der Waals surface area contributed by atoms with E-state index >= 15 is 0 Å². The van der Waals surface area contributed by atoms with Crippen LogP contribution in [-0.2, 0) is 24.4 Å². The molecule has 18 heteroatoms. The molecule has 69 heavy (non-hydrogen) atoms. The molecule has 3 heterocycles. The Bertz CT molecular complexity index is 3540. The highest BCUT2D eigenvalue weighted by molar-refractivity contribution is 6.52. The fourth-order valence-electron chi connectivity index (χ4n) is 7.64. The molecule has 0 saturated carbocycles. The van der Waals surface area contributed by atoms with E-state index in [-0.39, 0.29) is 48.1 Å². The van der Waals surface area contributed by atoms with Crippen molar-refractivity contribution >= 4 is 133 Å². The first-order valence-electron chi connectivity index (χ1n) is 20.9. The Morgan fingerprint density at radius 3 is 1.72 bits per heavy atom. The van der Waals surface area contributed by atoms with Gasteiger partial charge in [0.1, 0.15) is 5.82 Å². The van der Waals surface area contributed by atoms with Crippen LogP contribution < -0.4 is 15.6 Å². The van der Waals surface area contributed by atoms with Crippen LogP contribution in [0.3, 0.4) is 0 Å². The third-order valence-electron chi connectivity index (χ3n) is 11.1. The van der Waals surface area contributed by atoms with Gasteiger partial charge >= 0.3 is 5.91 Å². The van der Waals surface area contributed by atoms with Gasteiger partial charge in [0.15, 0.2) is 11.4 Å². The Balaban J connectivity index is 1.05. The van der Waals surface area contributed by atoms with E-state index in [0.717, 1.165) is 10.5 Å². The van der Waals surface area contributed by atoms with Crippen molar-refractivity contribution in [3.05, 3.63) is 215 Å². The third kappa shape index (κ3) is 10.1. The second kappa shape index (κ2) is 20.4. The molecule has 12 nitrogen and oxygen atoms in total. The van der Waals surface area contributed by atoms with E-state index in [1.165, 1.54) is 18.5 Å². The Kier molecular flexibility index (Phi) is 13.9. The summed E-state index contributed by atoms with van der Waals surface area (Å²) in [6.45, 7) is 0.638. The normalized spacial score (nSPS) is 11.4. The number of fused-ring (bicyclic) bond motifs is 2. The van der Waals surface area contributed by atoms with Crippen molar-refractivity contribution < 1.29 is 19.8 Å². The molecule has 0 unspecified atom stereocenters. The Hall–Kier alpha value is -6.90. The van der Waals surface area contributed by atoms with Gasteiger partial charge in [-0.15, -0.1) is 0 Å². The zero-order valence-electron chi connectivity index (χ0n) is 35.8. The fraction of sp³-hybridized carbons (Fsp3) is 0.0588. The SMILES string of the molecule is [NH2+]=C(C(=O)N(C(=O)c1nn(Cc2ccc(Cl)cc2Cl)c2ccccc12)c1ccccn1)c1ccc(C=NC(=O)c2nn(Cc3ccc(Cl)cc3Cl)c3ccccc23)cc1NCc1ccc(Cl)cc1Cl. The van der Waals surface area contributed by atoms with Gasteiger partial charge in [0.2, 0.25) is 0 Å². The number of imide groups is 1. The van der Waals surface area contributed by atoms with Crippen LogP contribution in [0.1, 0.15) is 48.8 Å². The lowest BCUT2D eigenvalue weighted by Crippen LogP contribution is -2.54. The Labute approximate surface area is 424 Å². The standard InChI is InChI=1S/C51H33Cl6N9O3/c52-33-16-13-30(39(55)22-33)26-60-42-21-29(25-61-49(67)47-37-7-1-3-9-43(37)64(62-47)27-31-14-17-34(53)23-40(31)56)12-19-36(42)46(58)50(68)66(45-11-5-6-20-59-45)51(69)48-38-8-2-4-10-44(38)65(63-48)28-32-15-18-35(54)24-41(32)57/h1-25,58,60H,26-28H2/p+1. The summed E-state index contributed by atoms with van der Waals surface area (Å²) in [5, 5.41) is 23.3. The van der Waals surface area contributed by atoms with E-state index in [9.17, 15) is 14.4 Å². The average Bonchev–Trinajstić information content (AvgIpc) is 3.90. The first-order chi connectivity index (χ1) is 33.3. The number of nitrogens with two attached hydrogens (primary N) is 1. The molecule has 342 valence electrons. The molecule has 3 N–H and O–H groups in total. The molecule has 0 aliphatic rings. The summed E-state index contributed by atoms with van der Waals surface area (Å²) in [6.07, 6.45) is 2.84. The molecule has 0 bridgehead atoms. The molecule has 0 aliphatic carbocycles. The molecule has 3 amide bonds. The maximum absolute atomic E-state index is 14.9. The zero-order valence-corrected chi connectivity index (χ0v) is 40.3. The van der Waals surface area contributed by atoms with Crippen LogP contribution in [0.2, 0.25) is 30.1 Å². The summed E-state index contributed by atoms with van der Waals surface area (Å²) in [7, 11) is 0. The van der Waals surface area contributed by atoms with Crippen LogP contribution in [-0.4, -0.2) is 54.2 Å². The number of aliphatic imine (C=N–C) groups is 1. The van der Waals surface area contributed by atoms with Gasteiger partial charge in [-0.1, -0.05) is 136 Å². The van der Waals surface area contributed by atoms with E-state index < -0.39 is 17.7 Å². The van der Waals surface area contributed by atoms with Crippen molar-refractivity contribution in [1.82, 2.24) is 24.5 Å². The van der Waals surface area contributed by atoms with Crippen LogP contribution in [0.5, 0.6) is 0 Å². The highest BCUT2D eigenvalue weighted by atomic mass is 35.5. The van der Waals surface area contributed by atoms with Crippen LogP contribution in [0.15, 0.2) is 151 Å². The number of halogens is 6. The molecule has 0 fully saturated rings. The highest BCUT2D eigenvalue weighted by Crippen LogP contribution is 2.30. The molecular weight excluding hydrogens is 999 g/mol. The molecule has 0 saturated heterocycles. The van der Waals surface area contributed by atoms with E-state index in [0.29, 0.717) is 74.3 Å². The molecule has 6 aromatic carbocycles. The number of benzene rings is 6. The van der Waals surface area contributed by atoms with Gasteiger partial charge in [0, 0.05) is 65.6 Å². The van der Waals surface area contributed by atoms with Crippen LogP contribution >= 0.6 is 69.6 Å². The zero-order chi connectivity index (χ0) is 48.3. The minimum atomic E-state index is -0.885. The quantitative estimate of drug-likeness (QED) is 0.109. The summed E-state index contributed by atoms with van der Waals surface area (Å²) < 4.78 is 3.32. The maximum atomic E-state index is 14.9. The molecule has 0 spiro atoms. The predicted molar refractivity (Wildman–Crippen MR) is 275 cm³/mol. The molecule has 0 radical (unpaired) electrons. The largest absolute Gasteiger partial charge is 0.380 e. The number of rotatable bonds is 13. The van der Waals surface area contributed by atoms with Crippen molar-refractivity contribution in [1.29, 1.82) is 0 Å². The lowest BCUT2D eigenvalue weighted by Gasteiger charge is -2.19. The summed E-state index contributed by atoms with van der Waals surface area (Å²) in [5.41, 5.74) is 4.30. The van der Waals surface area contributed by atoms with Crippen molar-refractivity contribution in [3.8, 4) is 0 Å². The Morgan fingerprint density at radius 2 is 1.16 bits per heavy atom. The van der Waals surface area contributed by atoms with E-state index in [1.54, 1.807) is 112 Å². The number of amides is 3. The molecule has 3 aromatic heterocycles. The van der Waals surface area contributed by atoms with Gasteiger partial charge in [-0.05, 0) is 95.1 Å². The average molecular weight is 1030 g/mol. The van der Waals surface area contributed by atoms with Crippen LogP contribution in [0.4, 0.5) is 11.5 Å². The van der Waals surface area contributed by atoms with E-state index in [1.807, 2.05) is 30.3 Å². The lowest BCUT2D eigenvalue weighted by atomic mass is 10.0. The van der Waals surface area contributed by atoms with Gasteiger partial charge in [-0.25, -0.2) is 20.3 Å². The molecule has 0 atom stereocenters. The monoisotopic (exact) mass is 1030 g/mol. The van der Waals surface area contributed by atoms with Crippen LogP contribution in [0.25, 0.3) is 21.8 Å². The summed E-state index contributed by atoms with van der Waals surface area (Å²) in [5.74, 6) is -2.26. The van der Waals surface area contributed by atoms with E-state index in [4.69, 9.17) is 80.1 Å². The summed E-state index contributed by atoms with van der Waals surface area (Å²) >= 11 is 38.1. The minimum Gasteiger partial charge on any atom is -0.380 e.